The molecule has 0 aromatic heterocycles. The Morgan fingerprint density at radius 1 is 1.26 bits per heavy atom. The molecule has 0 bridgehead atoms. The maximum Gasteiger partial charge on any atom is 0.0436 e. The fraction of sp³-hybridized carbons (Fsp3) is 1.00. The maximum absolute atomic E-state index is 9.30. The molecule has 1 saturated heterocycles. The van der Waals surface area contributed by atoms with Crippen molar-refractivity contribution in [3.63, 3.8) is 0 Å². The molecule has 1 fully saturated rings. The van der Waals surface area contributed by atoms with Gasteiger partial charge in [-0.2, -0.15) is 0 Å². The van der Waals surface area contributed by atoms with E-state index in [9.17, 15) is 5.11 Å². The largest absolute Gasteiger partial charge is 0.396 e. The Labute approximate surface area is 119 Å². The summed E-state index contributed by atoms with van der Waals surface area (Å²) >= 11 is 0. The summed E-state index contributed by atoms with van der Waals surface area (Å²) in [6, 6.07) is 1.30. The minimum Gasteiger partial charge on any atom is -0.396 e. The standard InChI is InChI=1S/C16H34N2O/c1-6-16(7-2,8-9-19)12-17-15-10-14(4)18(5)11-13(15)3/h13-15,17,19H,6-12H2,1-5H3. The van der Waals surface area contributed by atoms with Crippen LogP contribution < -0.4 is 5.32 Å². The lowest BCUT2D eigenvalue weighted by molar-refractivity contribution is 0.102. The minimum absolute atomic E-state index is 0.279. The smallest absolute Gasteiger partial charge is 0.0436 e. The topological polar surface area (TPSA) is 35.5 Å². The van der Waals surface area contributed by atoms with E-state index in [0.717, 1.165) is 25.8 Å². The van der Waals surface area contributed by atoms with Gasteiger partial charge in [-0.05, 0) is 51.0 Å². The van der Waals surface area contributed by atoms with Crippen molar-refractivity contribution >= 4 is 0 Å². The van der Waals surface area contributed by atoms with Gasteiger partial charge in [-0.15, -0.1) is 0 Å². The summed E-state index contributed by atoms with van der Waals surface area (Å²) in [5.74, 6) is 0.710. The number of hydrogen-bond acceptors (Lipinski definition) is 3. The molecule has 0 amide bonds. The fourth-order valence-corrected chi connectivity index (χ4v) is 3.35. The van der Waals surface area contributed by atoms with Gasteiger partial charge in [0.25, 0.3) is 0 Å². The van der Waals surface area contributed by atoms with E-state index in [1.165, 1.54) is 13.0 Å². The lowest BCUT2D eigenvalue weighted by Gasteiger charge is -2.42. The Morgan fingerprint density at radius 3 is 2.42 bits per heavy atom. The van der Waals surface area contributed by atoms with E-state index < -0.39 is 0 Å². The number of nitrogens with one attached hydrogen (secondary N) is 1. The lowest BCUT2D eigenvalue weighted by Crippen LogP contribution is -2.52. The molecule has 0 spiro atoms. The van der Waals surface area contributed by atoms with Crippen molar-refractivity contribution in [2.45, 2.75) is 65.5 Å². The normalized spacial score (nSPS) is 29.7. The highest BCUT2D eigenvalue weighted by Gasteiger charge is 2.31. The van der Waals surface area contributed by atoms with Crippen LogP contribution in [0, 0.1) is 11.3 Å². The SMILES string of the molecule is CCC(CC)(CCO)CNC1CC(C)N(C)CC1C. The number of aliphatic hydroxyl groups excluding tert-OH is 1. The van der Waals surface area contributed by atoms with Gasteiger partial charge < -0.3 is 15.3 Å². The van der Waals surface area contributed by atoms with Gasteiger partial charge in [-0.25, -0.2) is 0 Å². The molecule has 3 heteroatoms. The lowest BCUT2D eigenvalue weighted by atomic mass is 9.78. The van der Waals surface area contributed by atoms with Crippen molar-refractivity contribution < 1.29 is 5.11 Å². The summed E-state index contributed by atoms with van der Waals surface area (Å²) in [5, 5.41) is 13.1. The molecule has 1 aliphatic heterocycles. The van der Waals surface area contributed by atoms with E-state index >= 15 is 0 Å². The Hall–Kier alpha value is -0.120. The predicted octanol–water partition coefficient (Wildman–Crippen LogP) is 2.49. The van der Waals surface area contributed by atoms with Crippen LogP contribution in [-0.4, -0.2) is 48.8 Å². The first-order valence-electron chi connectivity index (χ1n) is 8.02. The molecule has 1 heterocycles. The summed E-state index contributed by atoms with van der Waals surface area (Å²) in [7, 11) is 2.23. The second kappa shape index (κ2) is 7.61. The van der Waals surface area contributed by atoms with Gasteiger partial charge in [0.2, 0.25) is 0 Å². The van der Waals surface area contributed by atoms with Gasteiger partial charge in [0.15, 0.2) is 0 Å². The zero-order valence-electron chi connectivity index (χ0n) is 13.6. The molecule has 114 valence electrons. The fourth-order valence-electron chi connectivity index (χ4n) is 3.35. The molecular weight excluding hydrogens is 236 g/mol. The Bertz CT molecular complexity index is 253. The first kappa shape index (κ1) is 16.9. The van der Waals surface area contributed by atoms with E-state index in [1.54, 1.807) is 0 Å². The molecule has 3 nitrogen and oxygen atoms in total. The molecule has 2 N–H and O–H groups in total. The molecule has 0 aromatic carbocycles. The second-order valence-corrected chi connectivity index (χ2v) is 6.67. The van der Waals surface area contributed by atoms with Crippen LogP contribution >= 0.6 is 0 Å². The van der Waals surface area contributed by atoms with E-state index in [2.05, 4.69) is 45.0 Å². The Kier molecular flexibility index (Phi) is 6.78. The number of hydrogen-bond donors (Lipinski definition) is 2. The average Bonchev–Trinajstić information content (AvgIpc) is 2.40. The molecule has 0 aromatic rings. The van der Waals surface area contributed by atoms with E-state index in [4.69, 9.17) is 0 Å². The van der Waals surface area contributed by atoms with Crippen LogP contribution in [0.3, 0.4) is 0 Å². The van der Waals surface area contributed by atoms with Crippen LogP contribution in [0.15, 0.2) is 0 Å². The number of rotatable bonds is 7. The van der Waals surface area contributed by atoms with Crippen LogP contribution in [0.2, 0.25) is 0 Å². The number of aliphatic hydroxyl groups is 1. The predicted molar refractivity (Wildman–Crippen MR) is 82.4 cm³/mol. The highest BCUT2D eigenvalue weighted by molar-refractivity contribution is 4.88. The van der Waals surface area contributed by atoms with Gasteiger partial charge in [-0.1, -0.05) is 20.8 Å². The van der Waals surface area contributed by atoms with Crippen molar-refractivity contribution in [3.05, 3.63) is 0 Å². The zero-order chi connectivity index (χ0) is 14.5. The van der Waals surface area contributed by atoms with Crippen molar-refractivity contribution in [1.29, 1.82) is 0 Å². The van der Waals surface area contributed by atoms with Crippen molar-refractivity contribution in [2.75, 3.05) is 26.7 Å². The van der Waals surface area contributed by atoms with Crippen molar-refractivity contribution in [3.8, 4) is 0 Å². The van der Waals surface area contributed by atoms with E-state index in [1.807, 2.05) is 0 Å². The number of piperidine rings is 1. The number of nitrogens with zero attached hydrogens (tertiary/aromatic N) is 1. The Morgan fingerprint density at radius 2 is 1.89 bits per heavy atom. The molecule has 3 atom stereocenters. The second-order valence-electron chi connectivity index (χ2n) is 6.67. The molecule has 0 saturated carbocycles. The first-order chi connectivity index (χ1) is 8.98. The third-order valence-electron chi connectivity index (χ3n) is 5.49. The third kappa shape index (κ3) is 4.44. The summed E-state index contributed by atoms with van der Waals surface area (Å²) in [5.41, 5.74) is 0.279. The molecule has 3 unspecified atom stereocenters. The van der Waals surface area contributed by atoms with Crippen LogP contribution in [0.5, 0.6) is 0 Å². The highest BCUT2D eigenvalue weighted by atomic mass is 16.3. The summed E-state index contributed by atoms with van der Waals surface area (Å²) in [6.45, 7) is 11.7. The quantitative estimate of drug-likeness (QED) is 0.746. The monoisotopic (exact) mass is 270 g/mol. The molecule has 1 rings (SSSR count). The van der Waals surface area contributed by atoms with Crippen molar-refractivity contribution in [1.82, 2.24) is 10.2 Å². The summed E-state index contributed by atoms with van der Waals surface area (Å²) in [4.78, 5) is 2.46. The Balaban J connectivity index is 2.54. The molecular formula is C16H34N2O. The van der Waals surface area contributed by atoms with Crippen LogP contribution in [0.1, 0.15) is 53.4 Å². The first-order valence-corrected chi connectivity index (χ1v) is 8.02. The van der Waals surface area contributed by atoms with Crippen LogP contribution in [0.4, 0.5) is 0 Å². The molecule has 0 radical (unpaired) electrons. The molecule has 19 heavy (non-hydrogen) atoms. The molecule has 1 aliphatic rings. The zero-order valence-corrected chi connectivity index (χ0v) is 13.6. The summed E-state index contributed by atoms with van der Waals surface area (Å²) in [6.07, 6.45) is 4.45. The summed E-state index contributed by atoms with van der Waals surface area (Å²) < 4.78 is 0. The van der Waals surface area contributed by atoms with Crippen LogP contribution in [-0.2, 0) is 0 Å². The van der Waals surface area contributed by atoms with Gasteiger partial charge in [0.1, 0.15) is 0 Å². The molecule has 0 aliphatic carbocycles. The van der Waals surface area contributed by atoms with Crippen molar-refractivity contribution in [2.24, 2.45) is 11.3 Å². The third-order valence-corrected chi connectivity index (χ3v) is 5.49. The number of likely N-dealkylation sites (tertiary alicyclic amines) is 1. The minimum atomic E-state index is 0.279. The highest BCUT2D eigenvalue weighted by Crippen LogP contribution is 2.30. The average molecular weight is 270 g/mol. The van der Waals surface area contributed by atoms with Gasteiger partial charge >= 0.3 is 0 Å². The van der Waals surface area contributed by atoms with Gasteiger partial charge in [-0.3, -0.25) is 0 Å². The van der Waals surface area contributed by atoms with Crippen LogP contribution in [0.25, 0.3) is 0 Å². The maximum atomic E-state index is 9.30. The van der Waals surface area contributed by atoms with E-state index in [-0.39, 0.29) is 5.41 Å². The van der Waals surface area contributed by atoms with E-state index in [0.29, 0.717) is 24.6 Å². The van der Waals surface area contributed by atoms with Gasteiger partial charge in [0.05, 0.1) is 0 Å². The van der Waals surface area contributed by atoms with Gasteiger partial charge in [0, 0.05) is 31.8 Å².